The highest BCUT2D eigenvalue weighted by atomic mass is 16.2. The molecule has 2 aliphatic heterocycles. The molecule has 0 saturated carbocycles. The van der Waals surface area contributed by atoms with Crippen molar-refractivity contribution in [2.24, 2.45) is 5.92 Å². The van der Waals surface area contributed by atoms with Crippen LogP contribution in [0.5, 0.6) is 0 Å². The van der Waals surface area contributed by atoms with Crippen LogP contribution in [0.1, 0.15) is 43.2 Å². The average Bonchev–Trinajstić information content (AvgIpc) is 2.66. The Hall–Kier alpha value is -1.88. The second-order valence-corrected chi connectivity index (χ2v) is 7.73. The Kier molecular flexibility index (Phi) is 6.30. The zero-order valence-corrected chi connectivity index (χ0v) is 16.1. The van der Waals surface area contributed by atoms with Crippen LogP contribution in [0.25, 0.3) is 0 Å². The molecule has 0 aliphatic carbocycles. The minimum Gasteiger partial charge on any atom is -0.342 e. The van der Waals surface area contributed by atoms with Crippen molar-refractivity contribution in [1.82, 2.24) is 9.80 Å². The number of rotatable bonds is 4. The third kappa shape index (κ3) is 4.64. The van der Waals surface area contributed by atoms with Crippen molar-refractivity contribution in [3.63, 3.8) is 0 Å². The third-order valence-electron chi connectivity index (χ3n) is 5.85. The van der Waals surface area contributed by atoms with Crippen molar-refractivity contribution in [2.45, 2.75) is 46.0 Å². The molecular weight excluding hydrogens is 326 g/mol. The van der Waals surface area contributed by atoms with E-state index in [1.54, 1.807) is 0 Å². The van der Waals surface area contributed by atoms with Crippen LogP contribution in [-0.2, 0) is 9.59 Å². The van der Waals surface area contributed by atoms with Crippen molar-refractivity contribution in [2.75, 3.05) is 38.0 Å². The predicted octanol–water partition coefficient (Wildman–Crippen LogP) is 2.97. The number of carbonyl (C=O) groups is 2. The van der Waals surface area contributed by atoms with E-state index in [0.717, 1.165) is 63.1 Å². The molecule has 2 heterocycles. The fourth-order valence-corrected chi connectivity index (χ4v) is 3.99. The van der Waals surface area contributed by atoms with E-state index < -0.39 is 0 Å². The topological polar surface area (TPSA) is 52.7 Å². The van der Waals surface area contributed by atoms with E-state index in [9.17, 15) is 9.59 Å². The predicted molar refractivity (Wildman–Crippen MR) is 104 cm³/mol. The Morgan fingerprint density at radius 3 is 2.42 bits per heavy atom. The minimum atomic E-state index is 0.0273. The molecule has 0 unspecified atom stereocenters. The summed E-state index contributed by atoms with van der Waals surface area (Å²) in [6.07, 6.45) is 5.27. The summed E-state index contributed by atoms with van der Waals surface area (Å²) in [4.78, 5) is 29.2. The molecule has 0 radical (unpaired) electrons. The average molecular weight is 357 g/mol. The maximum Gasteiger partial charge on any atom is 0.238 e. The maximum absolute atomic E-state index is 12.6. The normalized spacial score (nSPS) is 19.4. The lowest BCUT2D eigenvalue weighted by molar-refractivity contribution is -0.138. The molecule has 3 rings (SSSR count). The first-order valence-corrected chi connectivity index (χ1v) is 9.92. The SMILES string of the molecule is Cc1cccc(NC(=O)CN2CCC(C(=O)N3CCCCC3)CC2)c1C. The Morgan fingerprint density at radius 2 is 1.73 bits per heavy atom. The molecule has 1 aromatic rings. The van der Waals surface area contributed by atoms with Gasteiger partial charge in [0.05, 0.1) is 6.54 Å². The number of benzene rings is 1. The van der Waals surface area contributed by atoms with Gasteiger partial charge in [-0.05, 0) is 76.2 Å². The van der Waals surface area contributed by atoms with Gasteiger partial charge in [0.15, 0.2) is 0 Å². The monoisotopic (exact) mass is 357 g/mol. The van der Waals surface area contributed by atoms with E-state index in [2.05, 4.69) is 28.1 Å². The number of nitrogens with zero attached hydrogens (tertiary/aromatic N) is 2. The van der Waals surface area contributed by atoms with Gasteiger partial charge in [0.1, 0.15) is 0 Å². The Labute approximate surface area is 156 Å². The number of aryl methyl sites for hydroxylation is 1. The van der Waals surface area contributed by atoms with Crippen LogP contribution in [0.2, 0.25) is 0 Å². The molecule has 1 aromatic carbocycles. The summed E-state index contributed by atoms with van der Waals surface area (Å²) < 4.78 is 0. The van der Waals surface area contributed by atoms with Crippen molar-refractivity contribution in [3.8, 4) is 0 Å². The molecule has 2 aliphatic rings. The molecule has 26 heavy (non-hydrogen) atoms. The van der Waals surface area contributed by atoms with Gasteiger partial charge in [-0.25, -0.2) is 0 Å². The minimum absolute atomic E-state index is 0.0273. The molecule has 0 atom stereocenters. The quantitative estimate of drug-likeness (QED) is 0.901. The number of anilines is 1. The van der Waals surface area contributed by atoms with Crippen LogP contribution in [0, 0.1) is 19.8 Å². The van der Waals surface area contributed by atoms with Gasteiger partial charge in [0.2, 0.25) is 11.8 Å². The van der Waals surface area contributed by atoms with Gasteiger partial charge in [-0.3, -0.25) is 14.5 Å². The number of nitrogens with one attached hydrogen (secondary N) is 1. The van der Waals surface area contributed by atoms with Crippen LogP contribution in [0.15, 0.2) is 18.2 Å². The fraction of sp³-hybridized carbons (Fsp3) is 0.619. The van der Waals surface area contributed by atoms with Crippen LogP contribution < -0.4 is 5.32 Å². The standard InChI is InChI=1S/C21H31N3O2/c1-16-7-6-8-19(17(16)2)22-20(25)15-23-13-9-18(10-14-23)21(26)24-11-4-3-5-12-24/h6-8,18H,3-5,9-15H2,1-2H3,(H,22,25). The third-order valence-corrected chi connectivity index (χ3v) is 5.85. The van der Waals surface area contributed by atoms with Crippen LogP contribution in [-0.4, -0.2) is 54.3 Å². The molecule has 0 spiro atoms. The molecule has 0 bridgehead atoms. The van der Waals surface area contributed by atoms with E-state index in [0.29, 0.717) is 12.5 Å². The van der Waals surface area contributed by atoms with Gasteiger partial charge >= 0.3 is 0 Å². The lowest BCUT2D eigenvalue weighted by Gasteiger charge is -2.35. The summed E-state index contributed by atoms with van der Waals surface area (Å²) in [5.74, 6) is 0.509. The van der Waals surface area contributed by atoms with Crippen molar-refractivity contribution in [3.05, 3.63) is 29.3 Å². The summed E-state index contributed by atoms with van der Waals surface area (Å²) >= 11 is 0. The number of carbonyl (C=O) groups excluding carboxylic acids is 2. The van der Waals surface area contributed by atoms with Gasteiger partial charge in [0, 0.05) is 24.7 Å². The van der Waals surface area contributed by atoms with E-state index in [-0.39, 0.29) is 11.8 Å². The zero-order chi connectivity index (χ0) is 18.5. The zero-order valence-electron chi connectivity index (χ0n) is 16.1. The Bertz CT molecular complexity index is 645. The number of piperidine rings is 2. The van der Waals surface area contributed by atoms with Crippen molar-refractivity contribution in [1.29, 1.82) is 0 Å². The molecule has 2 saturated heterocycles. The van der Waals surface area contributed by atoms with Gasteiger partial charge < -0.3 is 10.2 Å². The molecule has 142 valence electrons. The smallest absolute Gasteiger partial charge is 0.238 e. The Balaban J connectivity index is 1.45. The number of likely N-dealkylation sites (tertiary alicyclic amines) is 2. The Morgan fingerprint density at radius 1 is 1.04 bits per heavy atom. The molecule has 0 aromatic heterocycles. The highest BCUT2D eigenvalue weighted by Gasteiger charge is 2.29. The summed E-state index contributed by atoms with van der Waals surface area (Å²) in [7, 11) is 0. The summed E-state index contributed by atoms with van der Waals surface area (Å²) in [6.45, 7) is 7.99. The molecule has 5 nitrogen and oxygen atoms in total. The molecular formula is C21H31N3O2. The number of hydrogen-bond acceptors (Lipinski definition) is 3. The highest BCUT2D eigenvalue weighted by Crippen LogP contribution is 2.22. The van der Waals surface area contributed by atoms with Crippen LogP contribution >= 0.6 is 0 Å². The molecule has 1 N–H and O–H groups in total. The summed E-state index contributed by atoms with van der Waals surface area (Å²) in [6, 6.07) is 5.97. The van der Waals surface area contributed by atoms with Gasteiger partial charge in [-0.1, -0.05) is 12.1 Å². The van der Waals surface area contributed by atoms with E-state index in [1.807, 2.05) is 19.1 Å². The number of hydrogen-bond donors (Lipinski definition) is 1. The van der Waals surface area contributed by atoms with Crippen LogP contribution in [0.3, 0.4) is 0 Å². The summed E-state index contributed by atoms with van der Waals surface area (Å²) in [5.41, 5.74) is 3.19. The van der Waals surface area contributed by atoms with E-state index in [4.69, 9.17) is 0 Å². The first-order chi connectivity index (χ1) is 12.5. The van der Waals surface area contributed by atoms with Crippen molar-refractivity contribution < 1.29 is 9.59 Å². The molecule has 2 amide bonds. The lowest BCUT2D eigenvalue weighted by Crippen LogP contribution is -2.45. The highest BCUT2D eigenvalue weighted by molar-refractivity contribution is 5.93. The summed E-state index contributed by atoms with van der Waals surface area (Å²) in [5, 5.41) is 3.03. The van der Waals surface area contributed by atoms with Gasteiger partial charge in [-0.15, -0.1) is 0 Å². The van der Waals surface area contributed by atoms with Gasteiger partial charge in [-0.2, -0.15) is 0 Å². The maximum atomic E-state index is 12.6. The number of amides is 2. The fourth-order valence-electron chi connectivity index (χ4n) is 3.99. The van der Waals surface area contributed by atoms with Crippen molar-refractivity contribution >= 4 is 17.5 Å². The second-order valence-electron chi connectivity index (χ2n) is 7.73. The van der Waals surface area contributed by atoms with E-state index in [1.165, 1.54) is 12.0 Å². The van der Waals surface area contributed by atoms with E-state index >= 15 is 0 Å². The molecule has 5 heteroatoms. The lowest BCUT2D eigenvalue weighted by atomic mass is 9.94. The van der Waals surface area contributed by atoms with Gasteiger partial charge in [0.25, 0.3) is 0 Å². The second kappa shape index (κ2) is 8.67. The largest absolute Gasteiger partial charge is 0.342 e. The van der Waals surface area contributed by atoms with Crippen LogP contribution in [0.4, 0.5) is 5.69 Å². The first kappa shape index (κ1) is 18.9. The molecule has 2 fully saturated rings. The first-order valence-electron chi connectivity index (χ1n) is 9.92.